The molecule has 0 amide bonds. The van der Waals surface area contributed by atoms with Crippen molar-refractivity contribution in [1.29, 1.82) is 0 Å². The number of rotatable bonds is 3. The monoisotopic (exact) mass is 347 g/mol. The third-order valence-corrected chi connectivity index (χ3v) is 4.68. The van der Waals surface area contributed by atoms with Gasteiger partial charge in [-0.2, -0.15) is 0 Å². The van der Waals surface area contributed by atoms with Gasteiger partial charge in [-0.05, 0) is 33.6 Å². The average molecular weight is 348 g/mol. The Morgan fingerprint density at radius 2 is 1.76 bits per heavy atom. The summed E-state index contributed by atoms with van der Waals surface area (Å²) in [5.74, 6) is 0.822. The summed E-state index contributed by atoms with van der Waals surface area (Å²) in [5, 5.41) is 0. The summed E-state index contributed by atoms with van der Waals surface area (Å²) in [6.45, 7) is 4.81. The van der Waals surface area contributed by atoms with E-state index in [0.29, 0.717) is 0 Å². The molecular weight excluding hydrogens is 330 g/mol. The summed E-state index contributed by atoms with van der Waals surface area (Å²) in [7, 11) is 0. The summed E-state index contributed by atoms with van der Waals surface area (Å²) >= 11 is 3.57. The number of halogens is 1. The SMILES string of the molecule is Nc1cccc(CN2CCN(c3ncccn3)CC2)c1Br. The first-order valence-electron chi connectivity index (χ1n) is 7.01. The molecule has 1 aromatic heterocycles. The van der Waals surface area contributed by atoms with E-state index in [1.807, 2.05) is 18.2 Å². The molecule has 21 heavy (non-hydrogen) atoms. The molecule has 1 aliphatic heterocycles. The van der Waals surface area contributed by atoms with Gasteiger partial charge in [-0.25, -0.2) is 9.97 Å². The topological polar surface area (TPSA) is 58.3 Å². The van der Waals surface area contributed by atoms with Gasteiger partial charge in [0, 0.05) is 55.3 Å². The van der Waals surface area contributed by atoms with Crippen molar-refractivity contribution in [2.45, 2.75) is 6.54 Å². The Balaban J connectivity index is 1.60. The number of aromatic nitrogens is 2. The Morgan fingerprint density at radius 1 is 1.05 bits per heavy atom. The third kappa shape index (κ3) is 3.33. The van der Waals surface area contributed by atoms with Crippen molar-refractivity contribution in [2.24, 2.45) is 0 Å². The summed E-state index contributed by atoms with van der Waals surface area (Å²) in [6.07, 6.45) is 3.58. The first-order valence-corrected chi connectivity index (χ1v) is 7.80. The zero-order chi connectivity index (χ0) is 14.7. The van der Waals surface area contributed by atoms with Gasteiger partial charge >= 0.3 is 0 Å². The number of hydrogen-bond donors (Lipinski definition) is 1. The van der Waals surface area contributed by atoms with E-state index in [-0.39, 0.29) is 0 Å². The van der Waals surface area contributed by atoms with Gasteiger partial charge in [0.25, 0.3) is 0 Å². The predicted octanol–water partition coefficient (Wildman–Crippen LogP) is 2.14. The summed E-state index contributed by atoms with van der Waals surface area (Å²) in [6, 6.07) is 7.88. The van der Waals surface area contributed by atoms with E-state index < -0.39 is 0 Å². The first kappa shape index (κ1) is 14.3. The van der Waals surface area contributed by atoms with Crippen LogP contribution in [-0.4, -0.2) is 41.0 Å². The minimum absolute atomic E-state index is 0.795. The highest BCUT2D eigenvalue weighted by Crippen LogP contribution is 2.25. The molecule has 0 unspecified atom stereocenters. The molecule has 0 radical (unpaired) electrons. The fourth-order valence-corrected chi connectivity index (χ4v) is 2.91. The van der Waals surface area contributed by atoms with Crippen molar-refractivity contribution in [1.82, 2.24) is 14.9 Å². The summed E-state index contributed by atoms with van der Waals surface area (Å²) in [4.78, 5) is 13.3. The van der Waals surface area contributed by atoms with Crippen molar-refractivity contribution in [3.05, 3.63) is 46.7 Å². The normalized spacial score (nSPS) is 16.1. The molecule has 2 aromatic rings. The van der Waals surface area contributed by atoms with Gasteiger partial charge in [-0.3, -0.25) is 4.90 Å². The second-order valence-corrected chi connectivity index (χ2v) is 5.93. The lowest BCUT2D eigenvalue weighted by Gasteiger charge is -2.34. The van der Waals surface area contributed by atoms with Crippen LogP contribution < -0.4 is 10.6 Å². The lowest BCUT2D eigenvalue weighted by atomic mass is 10.2. The average Bonchev–Trinajstić information content (AvgIpc) is 2.53. The van der Waals surface area contributed by atoms with E-state index in [9.17, 15) is 0 Å². The molecule has 5 nitrogen and oxygen atoms in total. The second kappa shape index (κ2) is 6.41. The highest BCUT2D eigenvalue weighted by molar-refractivity contribution is 9.10. The van der Waals surface area contributed by atoms with Crippen LogP contribution in [0.1, 0.15) is 5.56 Å². The fraction of sp³-hybridized carbons (Fsp3) is 0.333. The number of nitrogen functional groups attached to an aromatic ring is 1. The van der Waals surface area contributed by atoms with Crippen molar-refractivity contribution in [2.75, 3.05) is 36.8 Å². The molecule has 1 fully saturated rings. The maximum Gasteiger partial charge on any atom is 0.225 e. The zero-order valence-electron chi connectivity index (χ0n) is 11.7. The van der Waals surface area contributed by atoms with E-state index in [2.05, 4.69) is 41.8 Å². The number of benzene rings is 1. The van der Waals surface area contributed by atoms with Crippen molar-refractivity contribution < 1.29 is 0 Å². The van der Waals surface area contributed by atoms with Crippen molar-refractivity contribution in [3.63, 3.8) is 0 Å². The van der Waals surface area contributed by atoms with Gasteiger partial charge < -0.3 is 10.6 Å². The Hall–Kier alpha value is -1.66. The summed E-state index contributed by atoms with van der Waals surface area (Å²) < 4.78 is 1.01. The molecule has 1 aliphatic rings. The second-order valence-electron chi connectivity index (χ2n) is 5.13. The van der Waals surface area contributed by atoms with Gasteiger partial charge in [-0.15, -0.1) is 0 Å². The van der Waals surface area contributed by atoms with Gasteiger partial charge in [0.05, 0.1) is 0 Å². The Kier molecular flexibility index (Phi) is 4.36. The highest BCUT2D eigenvalue weighted by Gasteiger charge is 2.19. The van der Waals surface area contributed by atoms with Gasteiger partial charge in [-0.1, -0.05) is 12.1 Å². The number of anilines is 2. The quantitative estimate of drug-likeness (QED) is 0.862. The standard InChI is InChI=1S/C15H18BrN5/c16-14-12(3-1-4-13(14)17)11-20-7-9-21(10-8-20)15-18-5-2-6-19-15/h1-6H,7-11,17H2. The Morgan fingerprint density at radius 3 is 2.48 bits per heavy atom. The maximum absolute atomic E-state index is 5.93. The van der Waals surface area contributed by atoms with Crippen molar-refractivity contribution in [3.8, 4) is 0 Å². The molecule has 3 rings (SSSR count). The predicted molar refractivity (Wildman–Crippen MR) is 88.1 cm³/mol. The van der Waals surface area contributed by atoms with Crippen LogP contribution in [-0.2, 0) is 6.54 Å². The van der Waals surface area contributed by atoms with Crippen LogP contribution in [0.25, 0.3) is 0 Å². The van der Waals surface area contributed by atoms with Crippen LogP contribution in [0, 0.1) is 0 Å². The largest absolute Gasteiger partial charge is 0.398 e. The molecule has 2 heterocycles. The Bertz CT molecular complexity index is 596. The fourth-order valence-electron chi connectivity index (χ4n) is 2.52. The minimum Gasteiger partial charge on any atom is -0.398 e. The number of hydrogen-bond acceptors (Lipinski definition) is 5. The minimum atomic E-state index is 0.795. The van der Waals surface area contributed by atoms with Crippen LogP contribution >= 0.6 is 15.9 Å². The maximum atomic E-state index is 5.93. The smallest absolute Gasteiger partial charge is 0.225 e. The molecule has 0 bridgehead atoms. The lowest BCUT2D eigenvalue weighted by molar-refractivity contribution is 0.248. The van der Waals surface area contributed by atoms with Crippen LogP contribution in [0.4, 0.5) is 11.6 Å². The molecule has 6 heteroatoms. The van der Waals surface area contributed by atoms with E-state index in [0.717, 1.165) is 48.8 Å². The highest BCUT2D eigenvalue weighted by atomic mass is 79.9. The van der Waals surface area contributed by atoms with Gasteiger partial charge in [0.1, 0.15) is 0 Å². The molecule has 0 aliphatic carbocycles. The zero-order valence-corrected chi connectivity index (χ0v) is 13.3. The first-order chi connectivity index (χ1) is 10.2. The van der Waals surface area contributed by atoms with E-state index in [4.69, 9.17) is 5.73 Å². The molecule has 1 saturated heterocycles. The molecule has 2 N–H and O–H groups in total. The van der Waals surface area contributed by atoms with Gasteiger partial charge in [0.15, 0.2) is 0 Å². The van der Waals surface area contributed by atoms with Crippen molar-refractivity contribution >= 4 is 27.6 Å². The molecular formula is C15H18BrN5. The number of piperazine rings is 1. The van der Waals surface area contributed by atoms with Gasteiger partial charge in [0.2, 0.25) is 5.95 Å². The van der Waals surface area contributed by atoms with Crippen LogP contribution in [0.5, 0.6) is 0 Å². The molecule has 0 saturated carbocycles. The third-order valence-electron chi connectivity index (χ3n) is 3.71. The molecule has 110 valence electrons. The van der Waals surface area contributed by atoms with E-state index >= 15 is 0 Å². The van der Waals surface area contributed by atoms with E-state index in [1.54, 1.807) is 12.4 Å². The molecule has 1 aromatic carbocycles. The van der Waals surface area contributed by atoms with Crippen LogP contribution in [0.3, 0.4) is 0 Å². The summed E-state index contributed by atoms with van der Waals surface area (Å²) in [5.41, 5.74) is 7.96. The molecule has 0 spiro atoms. The Labute approximate surface area is 132 Å². The van der Waals surface area contributed by atoms with Crippen LogP contribution in [0.2, 0.25) is 0 Å². The molecule has 0 atom stereocenters. The van der Waals surface area contributed by atoms with E-state index in [1.165, 1.54) is 5.56 Å². The number of nitrogens with two attached hydrogens (primary N) is 1. The number of nitrogens with zero attached hydrogens (tertiary/aromatic N) is 4. The van der Waals surface area contributed by atoms with Crippen LogP contribution in [0.15, 0.2) is 41.1 Å². The lowest BCUT2D eigenvalue weighted by Crippen LogP contribution is -2.46.